The minimum Gasteiger partial charge on any atom is -0.337 e. The van der Waals surface area contributed by atoms with Crippen LogP contribution >= 0.6 is 0 Å². The molecule has 1 aromatic heterocycles. The van der Waals surface area contributed by atoms with E-state index in [1.165, 1.54) is 4.90 Å². The van der Waals surface area contributed by atoms with Crippen molar-refractivity contribution in [2.75, 3.05) is 27.2 Å². The Labute approximate surface area is 127 Å². The molecule has 0 aliphatic carbocycles. The number of carbonyl (C=O) groups is 1. The number of hydrogen-bond acceptors (Lipinski definition) is 3. The average Bonchev–Trinajstić information content (AvgIpc) is 3.00. The number of aromatic nitrogens is 2. The van der Waals surface area contributed by atoms with E-state index in [0.29, 0.717) is 13.1 Å². The Bertz CT molecular complexity index is 553. The third-order valence-corrected chi connectivity index (χ3v) is 4.16. The van der Waals surface area contributed by atoms with Gasteiger partial charge >= 0.3 is 6.18 Å². The number of nitrogens with zero attached hydrogens (tertiary/aromatic N) is 4. The molecule has 22 heavy (non-hydrogen) atoms. The first-order valence-corrected chi connectivity index (χ1v) is 7.25. The third-order valence-electron chi connectivity index (χ3n) is 4.16. The maximum Gasteiger partial charge on any atom is 0.433 e. The fraction of sp³-hybridized carbons (Fsp3) is 0.714. The van der Waals surface area contributed by atoms with Crippen molar-refractivity contribution >= 4 is 5.91 Å². The monoisotopic (exact) mass is 318 g/mol. The number of amides is 1. The zero-order valence-electron chi connectivity index (χ0n) is 13.2. The van der Waals surface area contributed by atoms with Gasteiger partial charge in [0.05, 0.1) is 11.8 Å². The Balaban J connectivity index is 2.30. The molecule has 0 bridgehead atoms. The Morgan fingerprint density at radius 1 is 1.41 bits per heavy atom. The van der Waals surface area contributed by atoms with Gasteiger partial charge in [-0.2, -0.15) is 18.3 Å². The summed E-state index contributed by atoms with van der Waals surface area (Å²) >= 11 is 0. The van der Waals surface area contributed by atoms with Crippen molar-refractivity contribution in [3.05, 3.63) is 17.5 Å². The Hall–Kier alpha value is -1.57. The van der Waals surface area contributed by atoms with Crippen molar-refractivity contribution < 1.29 is 18.0 Å². The normalized spacial score (nSPS) is 22.6. The predicted octanol–water partition coefficient (Wildman–Crippen LogP) is 1.94. The van der Waals surface area contributed by atoms with Crippen molar-refractivity contribution in [3.8, 4) is 0 Å². The molecule has 0 saturated carbocycles. The molecular weight excluding hydrogens is 297 g/mol. The molecule has 0 spiro atoms. The molecule has 1 saturated heterocycles. The van der Waals surface area contributed by atoms with E-state index in [2.05, 4.69) is 5.10 Å². The first-order valence-electron chi connectivity index (χ1n) is 7.25. The summed E-state index contributed by atoms with van der Waals surface area (Å²) in [4.78, 5) is 16.0. The van der Waals surface area contributed by atoms with Crippen molar-refractivity contribution in [1.29, 1.82) is 0 Å². The number of carbonyl (C=O) groups excluding carboxylic acids is 1. The van der Waals surface area contributed by atoms with Gasteiger partial charge in [0, 0.05) is 25.7 Å². The highest BCUT2D eigenvalue weighted by Gasteiger charge is 2.42. The first kappa shape index (κ1) is 16.8. The number of rotatable bonds is 3. The van der Waals surface area contributed by atoms with Crippen molar-refractivity contribution in [1.82, 2.24) is 19.6 Å². The number of alkyl halides is 3. The summed E-state index contributed by atoms with van der Waals surface area (Å²) < 4.78 is 40.5. The van der Waals surface area contributed by atoms with E-state index in [9.17, 15) is 18.0 Å². The van der Waals surface area contributed by atoms with E-state index in [1.54, 1.807) is 6.92 Å². The van der Waals surface area contributed by atoms with Gasteiger partial charge in [0.25, 0.3) is 5.91 Å². The minimum absolute atomic E-state index is 0.0683. The molecule has 2 unspecified atom stereocenters. The summed E-state index contributed by atoms with van der Waals surface area (Å²) in [6.45, 7) is 4.52. The van der Waals surface area contributed by atoms with Gasteiger partial charge in [-0.15, -0.1) is 0 Å². The van der Waals surface area contributed by atoms with Crippen molar-refractivity contribution in [2.24, 2.45) is 5.92 Å². The van der Waals surface area contributed by atoms with Crippen LogP contribution in [0.5, 0.6) is 0 Å². The molecule has 2 rings (SSSR count). The zero-order valence-corrected chi connectivity index (χ0v) is 13.2. The van der Waals surface area contributed by atoms with Gasteiger partial charge in [-0.25, -0.2) is 0 Å². The van der Waals surface area contributed by atoms with Crippen LogP contribution in [-0.4, -0.2) is 58.7 Å². The molecule has 8 heteroatoms. The molecule has 2 heterocycles. The molecule has 2 atom stereocenters. The van der Waals surface area contributed by atoms with Crippen LogP contribution in [0.15, 0.2) is 6.20 Å². The SMILES string of the molecule is CCn1ncc(C(=O)N2CC(C)C(N(C)C)C2)c1C(F)(F)F. The lowest BCUT2D eigenvalue weighted by Gasteiger charge is -2.22. The lowest BCUT2D eigenvalue weighted by atomic mass is 10.1. The molecule has 1 aromatic rings. The van der Waals surface area contributed by atoms with Crippen LogP contribution in [0.25, 0.3) is 0 Å². The summed E-state index contributed by atoms with van der Waals surface area (Å²) in [5.74, 6) is -0.377. The van der Waals surface area contributed by atoms with Gasteiger partial charge in [-0.3, -0.25) is 9.48 Å². The second-order valence-corrected chi connectivity index (χ2v) is 5.94. The maximum atomic E-state index is 13.2. The van der Waals surface area contributed by atoms with Gasteiger partial charge in [-0.05, 0) is 26.9 Å². The van der Waals surface area contributed by atoms with Crippen LogP contribution in [0.4, 0.5) is 13.2 Å². The molecule has 1 amide bonds. The molecule has 0 radical (unpaired) electrons. The fourth-order valence-corrected chi connectivity index (χ4v) is 3.04. The highest BCUT2D eigenvalue weighted by atomic mass is 19.4. The molecule has 5 nitrogen and oxygen atoms in total. The molecule has 124 valence electrons. The van der Waals surface area contributed by atoms with Crippen LogP contribution in [-0.2, 0) is 12.7 Å². The summed E-state index contributed by atoms with van der Waals surface area (Å²) in [5.41, 5.74) is -1.32. The van der Waals surface area contributed by atoms with Crippen molar-refractivity contribution in [3.63, 3.8) is 0 Å². The highest BCUT2D eigenvalue weighted by Crippen LogP contribution is 2.33. The summed E-state index contributed by atoms with van der Waals surface area (Å²) in [5, 5.41) is 3.71. The third kappa shape index (κ3) is 2.97. The average molecular weight is 318 g/mol. The van der Waals surface area contributed by atoms with Gasteiger partial charge in [0.1, 0.15) is 0 Å². The highest BCUT2D eigenvalue weighted by molar-refractivity contribution is 5.95. The fourth-order valence-electron chi connectivity index (χ4n) is 3.04. The second kappa shape index (κ2) is 5.91. The predicted molar refractivity (Wildman–Crippen MR) is 75.4 cm³/mol. The van der Waals surface area contributed by atoms with E-state index >= 15 is 0 Å². The van der Waals surface area contributed by atoms with E-state index in [0.717, 1.165) is 10.9 Å². The minimum atomic E-state index is -4.59. The van der Waals surface area contributed by atoms with Gasteiger partial charge < -0.3 is 9.80 Å². The smallest absolute Gasteiger partial charge is 0.337 e. The van der Waals surface area contributed by atoms with E-state index in [1.807, 2.05) is 25.9 Å². The van der Waals surface area contributed by atoms with Crippen LogP contribution in [0, 0.1) is 5.92 Å². The van der Waals surface area contributed by atoms with Gasteiger partial charge in [0.15, 0.2) is 5.69 Å². The second-order valence-electron chi connectivity index (χ2n) is 5.94. The topological polar surface area (TPSA) is 41.4 Å². The standard InChI is InChI=1S/C14H21F3N4O/c1-5-21-12(14(15,16)17)10(6-18-21)13(22)20-7-9(2)11(8-20)19(3)4/h6,9,11H,5,7-8H2,1-4H3. The molecule has 0 N–H and O–H groups in total. The molecule has 0 aromatic carbocycles. The van der Waals surface area contributed by atoms with Crippen LogP contribution in [0.3, 0.4) is 0 Å². The molecule has 1 aliphatic heterocycles. The number of likely N-dealkylation sites (tertiary alicyclic amines) is 1. The lowest BCUT2D eigenvalue weighted by Crippen LogP contribution is -2.36. The Morgan fingerprint density at radius 2 is 2.05 bits per heavy atom. The van der Waals surface area contributed by atoms with Crippen LogP contribution in [0.1, 0.15) is 29.9 Å². The van der Waals surface area contributed by atoms with E-state index in [-0.39, 0.29) is 24.1 Å². The Morgan fingerprint density at radius 3 is 2.50 bits per heavy atom. The quantitative estimate of drug-likeness (QED) is 0.855. The molecular formula is C14H21F3N4O. The van der Waals surface area contributed by atoms with Crippen LogP contribution in [0.2, 0.25) is 0 Å². The number of aryl methyl sites for hydroxylation is 1. The number of hydrogen-bond donors (Lipinski definition) is 0. The first-order chi connectivity index (χ1) is 10.2. The lowest BCUT2D eigenvalue weighted by molar-refractivity contribution is -0.144. The van der Waals surface area contributed by atoms with E-state index in [4.69, 9.17) is 0 Å². The summed E-state index contributed by atoms with van der Waals surface area (Å²) in [7, 11) is 3.82. The van der Waals surface area contributed by atoms with Crippen LogP contribution < -0.4 is 0 Å². The van der Waals surface area contributed by atoms with Gasteiger partial charge in [-0.1, -0.05) is 6.92 Å². The molecule has 1 aliphatic rings. The van der Waals surface area contributed by atoms with E-state index < -0.39 is 17.8 Å². The summed E-state index contributed by atoms with van der Waals surface area (Å²) in [6.07, 6.45) is -3.56. The number of halogens is 3. The zero-order chi connectivity index (χ0) is 16.7. The molecule has 1 fully saturated rings. The van der Waals surface area contributed by atoms with Crippen molar-refractivity contribution in [2.45, 2.75) is 32.6 Å². The van der Waals surface area contributed by atoms with Gasteiger partial charge in [0.2, 0.25) is 0 Å². The largest absolute Gasteiger partial charge is 0.433 e. The summed E-state index contributed by atoms with van der Waals surface area (Å²) in [6, 6.07) is 0.152. The maximum absolute atomic E-state index is 13.2. The Kier molecular flexibility index (Phi) is 4.51. The number of likely N-dealkylation sites (N-methyl/N-ethyl adjacent to an activating group) is 1.